The van der Waals surface area contributed by atoms with E-state index in [1.54, 1.807) is 4.90 Å². The van der Waals surface area contributed by atoms with Crippen molar-refractivity contribution in [2.24, 2.45) is 12.8 Å². The fraction of sp³-hybridized carbons (Fsp3) is 0.615. The van der Waals surface area contributed by atoms with Crippen LogP contribution in [0.25, 0.3) is 0 Å². The predicted octanol–water partition coefficient (Wildman–Crippen LogP) is 1.28. The van der Waals surface area contributed by atoms with E-state index in [0.29, 0.717) is 12.2 Å². The zero-order chi connectivity index (χ0) is 14.9. The highest BCUT2D eigenvalue weighted by Gasteiger charge is 2.34. The smallest absolute Gasteiger partial charge is 0.323 e. The molecule has 0 spiro atoms. The summed E-state index contributed by atoms with van der Waals surface area (Å²) in [6.07, 6.45) is 2.88. The second kappa shape index (κ2) is 5.62. The van der Waals surface area contributed by atoms with Crippen molar-refractivity contribution in [3.63, 3.8) is 0 Å². The summed E-state index contributed by atoms with van der Waals surface area (Å²) >= 11 is 0. The van der Waals surface area contributed by atoms with E-state index in [1.807, 2.05) is 6.92 Å². The van der Waals surface area contributed by atoms with Crippen molar-refractivity contribution in [1.29, 1.82) is 0 Å². The molecule has 0 saturated carbocycles. The van der Waals surface area contributed by atoms with E-state index in [1.165, 1.54) is 23.7 Å². The van der Waals surface area contributed by atoms with Gasteiger partial charge in [-0.2, -0.15) is 0 Å². The summed E-state index contributed by atoms with van der Waals surface area (Å²) in [6.45, 7) is 2.42. The lowest BCUT2D eigenvalue weighted by Gasteiger charge is -2.39. The number of hydrogen-bond donors (Lipinski definition) is 1. The fourth-order valence-electron chi connectivity index (χ4n) is 2.92. The lowest BCUT2D eigenvalue weighted by Crippen LogP contribution is -2.52. The van der Waals surface area contributed by atoms with Crippen LogP contribution >= 0.6 is 0 Å². The second-order valence-electron chi connectivity index (χ2n) is 5.27. The molecular formula is C13H20N4O3. The predicted molar refractivity (Wildman–Crippen MR) is 74.4 cm³/mol. The number of hydrogen-bond acceptors (Lipinski definition) is 4. The van der Waals surface area contributed by atoms with Crippen LogP contribution in [0.15, 0.2) is 12.1 Å². The van der Waals surface area contributed by atoms with Crippen molar-refractivity contribution in [3.05, 3.63) is 27.9 Å². The first-order valence-corrected chi connectivity index (χ1v) is 6.80. The number of nitro groups is 1. The third-order valence-corrected chi connectivity index (χ3v) is 4.04. The Labute approximate surface area is 117 Å². The molecule has 2 atom stereocenters. The summed E-state index contributed by atoms with van der Waals surface area (Å²) in [4.78, 5) is 24.8. The Balaban J connectivity index is 2.32. The molecule has 110 valence electrons. The minimum atomic E-state index is -0.489. The number of likely N-dealkylation sites (tertiary alicyclic amines) is 1. The number of piperidine rings is 1. The third-order valence-electron chi connectivity index (χ3n) is 4.04. The molecule has 0 radical (unpaired) electrons. The molecule has 2 heterocycles. The van der Waals surface area contributed by atoms with E-state index >= 15 is 0 Å². The Bertz CT molecular complexity index is 526. The van der Waals surface area contributed by atoms with Crippen LogP contribution in [0.5, 0.6) is 0 Å². The van der Waals surface area contributed by atoms with E-state index in [-0.39, 0.29) is 23.8 Å². The van der Waals surface area contributed by atoms with Gasteiger partial charge in [-0.1, -0.05) is 0 Å². The summed E-state index contributed by atoms with van der Waals surface area (Å²) in [6, 6.07) is 2.99. The molecular weight excluding hydrogens is 260 g/mol. The first-order chi connectivity index (χ1) is 9.47. The zero-order valence-corrected chi connectivity index (χ0v) is 11.8. The minimum Gasteiger partial charge on any atom is -0.358 e. The van der Waals surface area contributed by atoms with Crippen molar-refractivity contribution in [3.8, 4) is 0 Å². The van der Waals surface area contributed by atoms with Crippen LogP contribution in [0.3, 0.4) is 0 Å². The Morgan fingerprint density at radius 3 is 2.75 bits per heavy atom. The highest BCUT2D eigenvalue weighted by molar-refractivity contribution is 5.93. The maximum absolute atomic E-state index is 12.7. The Kier molecular flexibility index (Phi) is 4.08. The quantitative estimate of drug-likeness (QED) is 0.666. The number of aromatic nitrogens is 1. The Morgan fingerprint density at radius 2 is 2.20 bits per heavy atom. The van der Waals surface area contributed by atoms with Crippen molar-refractivity contribution >= 4 is 11.7 Å². The minimum absolute atomic E-state index is 0.0141. The maximum Gasteiger partial charge on any atom is 0.323 e. The molecule has 1 fully saturated rings. The lowest BCUT2D eigenvalue weighted by molar-refractivity contribution is -0.391. The molecule has 1 aromatic rings. The molecule has 7 nitrogen and oxygen atoms in total. The molecule has 0 aliphatic carbocycles. The normalized spacial score (nSPS) is 22.9. The van der Waals surface area contributed by atoms with E-state index < -0.39 is 4.92 Å². The van der Waals surface area contributed by atoms with Gasteiger partial charge in [-0.3, -0.25) is 4.79 Å². The molecule has 20 heavy (non-hydrogen) atoms. The van der Waals surface area contributed by atoms with Crippen LogP contribution in [0.4, 0.5) is 5.82 Å². The van der Waals surface area contributed by atoms with Crippen molar-refractivity contribution < 1.29 is 9.72 Å². The average molecular weight is 280 g/mol. The molecule has 1 saturated heterocycles. The zero-order valence-electron chi connectivity index (χ0n) is 11.8. The van der Waals surface area contributed by atoms with Crippen LogP contribution < -0.4 is 5.73 Å². The molecule has 1 aliphatic heterocycles. The number of amides is 1. The van der Waals surface area contributed by atoms with Crippen LogP contribution in [-0.2, 0) is 7.05 Å². The highest BCUT2D eigenvalue weighted by atomic mass is 16.6. The summed E-state index contributed by atoms with van der Waals surface area (Å²) in [5, 5.41) is 10.9. The van der Waals surface area contributed by atoms with E-state index in [9.17, 15) is 14.9 Å². The van der Waals surface area contributed by atoms with Crippen LogP contribution in [0, 0.1) is 10.1 Å². The maximum atomic E-state index is 12.7. The van der Waals surface area contributed by atoms with Gasteiger partial charge in [-0.25, -0.2) is 4.57 Å². The molecule has 7 heteroatoms. The first-order valence-electron chi connectivity index (χ1n) is 6.80. The van der Waals surface area contributed by atoms with E-state index in [0.717, 1.165) is 19.3 Å². The summed E-state index contributed by atoms with van der Waals surface area (Å²) < 4.78 is 1.33. The largest absolute Gasteiger partial charge is 0.358 e. The van der Waals surface area contributed by atoms with Crippen molar-refractivity contribution in [1.82, 2.24) is 9.47 Å². The molecule has 2 N–H and O–H groups in total. The second-order valence-corrected chi connectivity index (χ2v) is 5.27. The Hall–Kier alpha value is -1.89. The molecule has 1 amide bonds. The first kappa shape index (κ1) is 14.5. The monoisotopic (exact) mass is 280 g/mol. The van der Waals surface area contributed by atoms with Gasteiger partial charge in [-0.15, -0.1) is 0 Å². The fourth-order valence-corrected chi connectivity index (χ4v) is 2.92. The number of nitrogens with two attached hydrogens (primary N) is 1. The van der Waals surface area contributed by atoms with Gasteiger partial charge in [0.15, 0.2) is 5.69 Å². The van der Waals surface area contributed by atoms with Crippen molar-refractivity contribution in [2.45, 2.75) is 38.3 Å². The molecule has 0 aromatic carbocycles. The highest BCUT2D eigenvalue weighted by Crippen LogP contribution is 2.26. The molecule has 1 aliphatic rings. The number of carbonyl (C=O) groups excluding carboxylic acids is 1. The van der Waals surface area contributed by atoms with Gasteiger partial charge in [0.1, 0.15) is 0 Å². The topological polar surface area (TPSA) is 94.4 Å². The van der Waals surface area contributed by atoms with Gasteiger partial charge in [0.2, 0.25) is 0 Å². The van der Waals surface area contributed by atoms with Crippen LogP contribution in [0.1, 0.15) is 36.7 Å². The number of nitrogens with zero attached hydrogens (tertiary/aromatic N) is 3. The number of rotatable bonds is 3. The lowest BCUT2D eigenvalue weighted by atomic mass is 9.96. The van der Waals surface area contributed by atoms with E-state index in [4.69, 9.17) is 5.73 Å². The molecule has 0 bridgehead atoms. The third kappa shape index (κ3) is 2.40. The van der Waals surface area contributed by atoms with Gasteiger partial charge in [-0.05, 0) is 37.2 Å². The van der Waals surface area contributed by atoms with Gasteiger partial charge in [0, 0.05) is 24.7 Å². The SMILES string of the molecule is CC1CCCC(CN)N1C(=O)c1ccc([N+](=O)[O-])n1C. The van der Waals surface area contributed by atoms with Gasteiger partial charge in [0.05, 0.1) is 7.05 Å². The van der Waals surface area contributed by atoms with Gasteiger partial charge >= 0.3 is 5.82 Å². The summed E-state index contributed by atoms with van der Waals surface area (Å²) in [5.74, 6) is -0.259. The summed E-state index contributed by atoms with van der Waals surface area (Å²) in [5.41, 5.74) is 6.09. The summed E-state index contributed by atoms with van der Waals surface area (Å²) in [7, 11) is 1.54. The van der Waals surface area contributed by atoms with Crippen molar-refractivity contribution in [2.75, 3.05) is 6.54 Å². The standard InChI is InChI=1S/C13H20N4O3/c1-9-4-3-5-10(8-14)16(9)13(18)11-6-7-12(15(11)2)17(19)20/h6-7,9-10H,3-5,8,14H2,1-2H3. The molecule has 1 aromatic heterocycles. The van der Waals surface area contributed by atoms with Gasteiger partial charge < -0.3 is 20.7 Å². The van der Waals surface area contributed by atoms with E-state index in [2.05, 4.69) is 0 Å². The van der Waals surface area contributed by atoms with Crippen LogP contribution in [-0.4, -0.2) is 38.9 Å². The molecule has 2 rings (SSSR count). The average Bonchev–Trinajstić information content (AvgIpc) is 2.79. The van der Waals surface area contributed by atoms with Gasteiger partial charge in [0.25, 0.3) is 5.91 Å². The number of carbonyl (C=O) groups is 1. The Morgan fingerprint density at radius 1 is 1.50 bits per heavy atom. The molecule has 2 unspecified atom stereocenters. The van der Waals surface area contributed by atoms with Crippen LogP contribution in [0.2, 0.25) is 0 Å².